The molecule has 8 aromatic carbocycles. The molecule has 0 amide bonds. The van der Waals surface area contributed by atoms with Crippen LogP contribution in [0.15, 0.2) is 188 Å². The van der Waals surface area contributed by atoms with Crippen molar-refractivity contribution >= 4 is 39.7 Å². The van der Waals surface area contributed by atoms with E-state index in [9.17, 15) is 5.26 Å². The van der Waals surface area contributed by atoms with Crippen molar-refractivity contribution in [1.82, 2.24) is 0 Å². The summed E-state index contributed by atoms with van der Waals surface area (Å²) in [5, 5.41) is 10.5. The topological polar surface area (TPSA) is 34.6 Å². The number of hydrogen-bond acceptors (Lipinski definition) is 3. The predicted octanol–water partition coefficient (Wildman–Crippen LogP) is 22.6. The van der Waals surface area contributed by atoms with Gasteiger partial charge in [0.2, 0.25) is 0 Å². The molecule has 0 unspecified atom stereocenters. The van der Waals surface area contributed by atoms with Gasteiger partial charge in [0, 0.05) is 39.7 Å². The second-order valence-corrected chi connectivity index (χ2v) is 22.1. The highest BCUT2D eigenvalue weighted by Gasteiger charge is 2.28. The first-order chi connectivity index (χ1) is 39.4. The molecule has 1 aliphatic carbocycles. The maximum absolute atomic E-state index is 10.5. The summed E-state index contributed by atoms with van der Waals surface area (Å²) in [5.41, 5.74) is 21.2. The summed E-state index contributed by atoms with van der Waals surface area (Å²) in [4.78, 5) is 8.57. The van der Waals surface area contributed by atoms with Gasteiger partial charge in [-0.3, -0.25) is 0 Å². The van der Waals surface area contributed by atoms with E-state index < -0.39 is 0 Å². The SMILES string of the molecule is [C-]#[N+]C(C#N)=C1c2cc(-c3ccc(N(c4ccc(CCCCCC)cc4)c4ccc(CCCCCC)cc4)cc3)ccc2-c2ccc(-c3ccc(N(c4ccc(CCCCCC)cc4)c4ccc(CCCCCC)cc4)cc3)cc21. The van der Waals surface area contributed by atoms with Crippen molar-refractivity contribution in [3.63, 3.8) is 0 Å². The lowest BCUT2D eigenvalue weighted by Crippen LogP contribution is -2.10. The Bertz CT molecular complexity index is 3010. The van der Waals surface area contributed by atoms with Crippen molar-refractivity contribution in [2.24, 2.45) is 0 Å². The quantitative estimate of drug-likeness (QED) is 0.0279. The first-order valence-electron chi connectivity index (χ1n) is 30.4. The fourth-order valence-corrected chi connectivity index (χ4v) is 11.6. The van der Waals surface area contributed by atoms with Crippen LogP contribution >= 0.6 is 0 Å². The van der Waals surface area contributed by atoms with Crippen LogP contribution in [0.1, 0.15) is 164 Å². The number of nitriles is 1. The summed E-state index contributed by atoms with van der Waals surface area (Å²) in [5.74, 6) is 0. The van der Waals surface area contributed by atoms with Gasteiger partial charge in [-0.05, 0) is 203 Å². The van der Waals surface area contributed by atoms with E-state index in [4.69, 9.17) is 6.57 Å². The molecule has 0 atom stereocenters. The van der Waals surface area contributed by atoms with Gasteiger partial charge in [0.15, 0.2) is 0 Å². The number of fused-ring (bicyclic) bond motifs is 3. The number of allylic oxidation sites excluding steroid dienone is 1. The van der Waals surface area contributed by atoms with Crippen LogP contribution in [-0.4, -0.2) is 0 Å². The number of anilines is 6. The average Bonchev–Trinajstić information content (AvgIpc) is 3.89. The summed E-state index contributed by atoms with van der Waals surface area (Å²) < 4.78 is 0. The van der Waals surface area contributed by atoms with Gasteiger partial charge in [-0.2, -0.15) is 0 Å². The Labute approximate surface area is 480 Å². The monoisotopic (exact) mass is 1050 g/mol. The van der Waals surface area contributed by atoms with Crippen LogP contribution in [0.2, 0.25) is 0 Å². The number of hydrogen-bond donors (Lipinski definition) is 0. The Morgan fingerprint density at radius 2 is 0.600 bits per heavy atom. The van der Waals surface area contributed by atoms with Gasteiger partial charge in [0.1, 0.15) is 0 Å². The zero-order chi connectivity index (χ0) is 55.5. The fourth-order valence-electron chi connectivity index (χ4n) is 11.6. The molecule has 0 spiro atoms. The summed E-state index contributed by atoms with van der Waals surface area (Å²) in [7, 11) is 0. The minimum absolute atomic E-state index is 0.106. The highest BCUT2D eigenvalue weighted by molar-refractivity contribution is 6.05. The van der Waals surface area contributed by atoms with E-state index in [-0.39, 0.29) is 5.70 Å². The van der Waals surface area contributed by atoms with Gasteiger partial charge >= 0.3 is 0 Å². The van der Waals surface area contributed by atoms with Crippen molar-refractivity contribution in [2.45, 2.75) is 156 Å². The molecule has 0 fully saturated rings. The summed E-state index contributed by atoms with van der Waals surface area (Å²) in [6.07, 6.45) is 24.6. The minimum atomic E-state index is 0.106. The van der Waals surface area contributed by atoms with Crippen molar-refractivity contribution in [2.75, 3.05) is 9.80 Å². The molecule has 0 aliphatic heterocycles. The van der Waals surface area contributed by atoms with Crippen LogP contribution < -0.4 is 9.80 Å². The Balaban J connectivity index is 0.982. The molecule has 0 saturated carbocycles. The second kappa shape index (κ2) is 28.8. The molecule has 0 saturated heterocycles. The van der Waals surface area contributed by atoms with Crippen molar-refractivity contribution in [3.8, 4) is 39.4 Å². The Hall–Kier alpha value is -7.92. The maximum Gasteiger partial charge on any atom is 0.270 e. The van der Waals surface area contributed by atoms with Gasteiger partial charge in [-0.1, -0.05) is 202 Å². The standard InChI is InChI=1S/C76H82N4/c1-6-10-14-18-22-57-26-40-65(41-27-57)79(66-42-28-58(29-43-66)23-19-15-11-7-2)69-48-34-61(35-49-69)63-38-52-71-72-53-39-64(55-74(72)76(73(71)54-63)75(56-77)78-5)62-36-50-70(51-37-62)80(67-44-30-59(31-45-67)24-20-16-12-8-3)68-46-32-60(33-47-68)25-21-17-13-9-4/h26-55H,6-25H2,1-4H3. The third kappa shape index (κ3) is 14.1. The number of unbranched alkanes of at least 4 members (excludes halogenated alkanes) is 12. The molecule has 9 rings (SSSR count). The van der Waals surface area contributed by atoms with E-state index in [2.05, 4.69) is 230 Å². The first kappa shape index (κ1) is 56.8. The second-order valence-electron chi connectivity index (χ2n) is 22.1. The molecule has 4 heteroatoms. The smallest absolute Gasteiger partial charge is 0.270 e. The van der Waals surface area contributed by atoms with Crippen LogP contribution in [0.4, 0.5) is 34.1 Å². The Morgan fingerprint density at radius 3 is 0.850 bits per heavy atom. The Morgan fingerprint density at radius 1 is 0.338 bits per heavy atom. The van der Waals surface area contributed by atoms with E-state index in [1.165, 1.54) is 125 Å². The normalized spacial score (nSPS) is 11.4. The molecule has 1 aliphatic rings. The van der Waals surface area contributed by atoms with Crippen LogP contribution in [0.3, 0.4) is 0 Å². The minimum Gasteiger partial charge on any atom is -0.311 e. The molecule has 8 aromatic rings. The number of aryl methyl sites for hydroxylation is 4. The van der Waals surface area contributed by atoms with Gasteiger partial charge in [-0.15, -0.1) is 0 Å². The van der Waals surface area contributed by atoms with E-state index in [0.717, 1.165) is 104 Å². The summed E-state index contributed by atoms with van der Waals surface area (Å²) in [6, 6.07) is 69.7. The van der Waals surface area contributed by atoms with E-state index in [0.29, 0.717) is 5.57 Å². The van der Waals surface area contributed by atoms with E-state index in [1.807, 2.05) is 0 Å². The molecular formula is C76H82N4. The summed E-state index contributed by atoms with van der Waals surface area (Å²) in [6.45, 7) is 17.3. The van der Waals surface area contributed by atoms with Crippen molar-refractivity contribution in [3.05, 3.63) is 232 Å². The first-order valence-corrected chi connectivity index (χ1v) is 30.4. The molecule has 0 bridgehead atoms. The number of benzene rings is 8. The number of nitrogens with zero attached hydrogens (tertiary/aromatic N) is 4. The van der Waals surface area contributed by atoms with Gasteiger partial charge in [0.25, 0.3) is 5.70 Å². The lowest BCUT2D eigenvalue weighted by atomic mass is 9.96. The summed E-state index contributed by atoms with van der Waals surface area (Å²) >= 11 is 0. The van der Waals surface area contributed by atoms with Gasteiger partial charge in [0.05, 0.1) is 12.6 Å². The van der Waals surface area contributed by atoms with Crippen LogP contribution in [-0.2, 0) is 25.7 Å². The molecule has 4 nitrogen and oxygen atoms in total. The largest absolute Gasteiger partial charge is 0.311 e. The van der Waals surface area contributed by atoms with Crippen LogP contribution in [0, 0.1) is 17.9 Å². The zero-order valence-corrected chi connectivity index (χ0v) is 48.3. The lowest BCUT2D eigenvalue weighted by molar-refractivity contribution is 0.667. The van der Waals surface area contributed by atoms with Crippen molar-refractivity contribution < 1.29 is 0 Å². The number of rotatable bonds is 28. The van der Waals surface area contributed by atoms with Gasteiger partial charge < -0.3 is 9.80 Å². The zero-order valence-electron chi connectivity index (χ0n) is 48.3. The molecule has 0 N–H and O–H groups in total. The molecule has 80 heavy (non-hydrogen) atoms. The van der Waals surface area contributed by atoms with E-state index in [1.54, 1.807) is 0 Å². The third-order valence-electron chi connectivity index (χ3n) is 16.3. The fraction of sp³-hybridized carbons (Fsp3) is 0.316. The molecule has 0 aromatic heterocycles. The molecule has 0 heterocycles. The van der Waals surface area contributed by atoms with Crippen LogP contribution in [0.5, 0.6) is 0 Å². The molecule has 0 radical (unpaired) electrons. The van der Waals surface area contributed by atoms with Gasteiger partial charge in [-0.25, -0.2) is 10.1 Å². The third-order valence-corrected chi connectivity index (χ3v) is 16.3. The van der Waals surface area contributed by atoms with Crippen LogP contribution in [0.25, 0.3) is 43.8 Å². The highest BCUT2D eigenvalue weighted by Crippen LogP contribution is 2.49. The van der Waals surface area contributed by atoms with Crippen molar-refractivity contribution in [1.29, 1.82) is 5.26 Å². The molecular weight excluding hydrogens is 969 g/mol. The lowest BCUT2D eigenvalue weighted by Gasteiger charge is -2.26. The molecule has 406 valence electrons. The average molecular weight is 1050 g/mol. The van der Waals surface area contributed by atoms with E-state index >= 15 is 0 Å². The highest BCUT2D eigenvalue weighted by atomic mass is 15.1. The maximum atomic E-state index is 10.5. The Kier molecular flexibility index (Phi) is 20.4. The predicted molar refractivity (Wildman–Crippen MR) is 342 cm³/mol.